The zero-order chi connectivity index (χ0) is 22.4. The summed E-state index contributed by atoms with van der Waals surface area (Å²) in [5, 5.41) is 8.93. The molecule has 2 aromatic heterocycles. The van der Waals surface area contributed by atoms with Crippen molar-refractivity contribution < 1.29 is 13.2 Å². The molecule has 0 radical (unpaired) electrons. The summed E-state index contributed by atoms with van der Waals surface area (Å²) in [5.41, 5.74) is 2.03. The number of anilines is 4. The highest BCUT2D eigenvalue weighted by Crippen LogP contribution is 2.25. The Morgan fingerprint density at radius 2 is 1.77 bits per heavy atom. The Morgan fingerprint density at radius 1 is 1.06 bits per heavy atom. The monoisotopic (exact) mass is 460 g/mol. The van der Waals surface area contributed by atoms with E-state index in [0.29, 0.717) is 24.0 Å². The highest BCUT2D eigenvalue weighted by atomic mass is 32.2. The third-order valence-electron chi connectivity index (χ3n) is 4.01. The van der Waals surface area contributed by atoms with E-state index in [9.17, 15) is 13.2 Å². The van der Waals surface area contributed by atoms with Gasteiger partial charge in [0.15, 0.2) is 0 Å². The molecule has 31 heavy (non-hydrogen) atoms. The molecule has 2 heterocycles. The molecule has 0 spiro atoms. The van der Waals surface area contributed by atoms with E-state index in [1.807, 2.05) is 19.9 Å². The SMILES string of the molecule is CCNc1nc(C)cc(Nc2ccc(NS(=O)(=O)c3ccc(CNC(C)=O)s3)cc2)n1. The van der Waals surface area contributed by atoms with Crippen LogP contribution in [0.2, 0.25) is 0 Å². The van der Waals surface area contributed by atoms with Gasteiger partial charge in [-0.3, -0.25) is 9.52 Å². The average molecular weight is 461 g/mol. The van der Waals surface area contributed by atoms with Crippen molar-refractivity contribution in [2.45, 2.75) is 31.5 Å². The Hall–Kier alpha value is -3.18. The summed E-state index contributed by atoms with van der Waals surface area (Å²) in [5.74, 6) is 1.02. The number of hydrogen-bond donors (Lipinski definition) is 4. The lowest BCUT2D eigenvalue weighted by atomic mass is 10.3. The summed E-state index contributed by atoms with van der Waals surface area (Å²) >= 11 is 1.11. The molecule has 0 fully saturated rings. The van der Waals surface area contributed by atoms with Crippen LogP contribution in [0.25, 0.3) is 0 Å². The van der Waals surface area contributed by atoms with Crippen LogP contribution in [0.5, 0.6) is 0 Å². The molecule has 164 valence electrons. The van der Waals surface area contributed by atoms with Gasteiger partial charge in [-0.25, -0.2) is 13.4 Å². The molecule has 1 aromatic carbocycles. The van der Waals surface area contributed by atoms with Crippen molar-refractivity contribution in [2.75, 3.05) is 21.9 Å². The van der Waals surface area contributed by atoms with E-state index in [0.717, 1.165) is 34.1 Å². The molecule has 0 saturated carbocycles. The van der Waals surface area contributed by atoms with Crippen LogP contribution in [-0.4, -0.2) is 30.8 Å². The molecule has 0 aliphatic heterocycles. The zero-order valence-corrected chi connectivity index (χ0v) is 19.0. The number of hydrogen-bond acceptors (Lipinski definition) is 8. The molecule has 3 rings (SSSR count). The molecule has 9 nitrogen and oxygen atoms in total. The van der Waals surface area contributed by atoms with Crippen LogP contribution in [0.3, 0.4) is 0 Å². The smallest absolute Gasteiger partial charge is 0.271 e. The quantitative estimate of drug-likeness (QED) is 0.385. The maximum atomic E-state index is 12.6. The van der Waals surface area contributed by atoms with Crippen molar-refractivity contribution in [3.63, 3.8) is 0 Å². The summed E-state index contributed by atoms with van der Waals surface area (Å²) < 4.78 is 28.0. The molecule has 0 aliphatic carbocycles. The Morgan fingerprint density at radius 3 is 2.45 bits per heavy atom. The fourth-order valence-corrected chi connectivity index (χ4v) is 5.01. The standard InChI is InChI=1S/C20H24N6O3S2/c1-4-21-20-23-13(2)11-18(25-20)24-15-5-7-16(8-6-15)26-31(28,29)19-10-9-17(30-19)12-22-14(3)27/h5-11,26H,4,12H2,1-3H3,(H,22,27)(H2,21,23,24,25). The van der Waals surface area contributed by atoms with E-state index in [1.165, 1.54) is 13.0 Å². The molecule has 4 N–H and O–H groups in total. The third kappa shape index (κ3) is 6.40. The van der Waals surface area contributed by atoms with Crippen molar-refractivity contribution in [2.24, 2.45) is 0 Å². The number of carbonyl (C=O) groups is 1. The van der Waals surface area contributed by atoms with E-state index in [4.69, 9.17) is 0 Å². The van der Waals surface area contributed by atoms with E-state index >= 15 is 0 Å². The zero-order valence-electron chi connectivity index (χ0n) is 17.4. The highest BCUT2D eigenvalue weighted by molar-refractivity contribution is 7.94. The van der Waals surface area contributed by atoms with E-state index in [1.54, 1.807) is 30.3 Å². The number of carbonyl (C=O) groups excluding carboxylic acids is 1. The van der Waals surface area contributed by atoms with Gasteiger partial charge >= 0.3 is 0 Å². The Bertz CT molecular complexity index is 1160. The minimum absolute atomic E-state index is 0.167. The van der Waals surface area contributed by atoms with Crippen LogP contribution in [0.15, 0.2) is 46.7 Å². The molecule has 0 saturated heterocycles. The van der Waals surface area contributed by atoms with Crippen molar-refractivity contribution in [3.8, 4) is 0 Å². The number of amides is 1. The minimum atomic E-state index is -3.71. The van der Waals surface area contributed by atoms with Crippen LogP contribution in [0, 0.1) is 6.92 Å². The number of thiophene rings is 1. The third-order valence-corrected chi connectivity index (χ3v) is 6.97. The second-order valence-corrected chi connectivity index (χ2v) is 9.76. The Labute approximate surface area is 185 Å². The Kier molecular flexibility index (Phi) is 7.08. The summed E-state index contributed by atoms with van der Waals surface area (Å²) in [6, 6.07) is 11.9. The highest BCUT2D eigenvalue weighted by Gasteiger charge is 2.17. The lowest BCUT2D eigenvalue weighted by Gasteiger charge is -2.10. The van der Waals surface area contributed by atoms with Crippen molar-refractivity contribution in [1.29, 1.82) is 0 Å². The second kappa shape index (κ2) is 9.75. The molecule has 11 heteroatoms. The fraction of sp³-hybridized carbons (Fsp3) is 0.250. The van der Waals surface area contributed by atoms with Crippen molar-refractivity contribution in [3.05, 3.63) is 53.0 Å². The number of sulfonamides is 1. The summed E-state index contributed by atoms with van der Waals surface area (Å²) in [6.45, 7) is 6.29. The summed E-state index contributed by atoms with van der Waals surface area (Å²) in [7, 11) is -3.71. The van der Waals surface area contributed by atoms with Crippen LogP contribution >= 0.6 is 11.3 Å². The van der Waals surface area contributed by atoms with Gasteiger partial charge < -0.3 is 16.0 Å². The maximum Gasteiger partial charge on any atom is 0.271 e. The lowest BCUT2D eigenvalue weighted by molar-refractivity contribution is -0.119. The number of nitrogens with zero attached hydrogens (tertiary/aromatic N) is 2. The first-order valence-electron chi connectivity index (χ1n) is 9.58. The van der Waals surface area contributed by atoms with Crippen LogP contribution in [0.1, 0.15) is 24.4 Å². The molecular weight excluding hydrogens is 436 g/mol. The van der Waals surface area contributed by atoms with E-state index in [2.05, 4.69) is 30.6 Å². The van der Waals surface area contributed by atoms with E-state index < -0.39 is 10.0 Å². The number of rotatable bonds is 9. The first-order chi connectivity index (χ1) is 14.7. The number of benzene rings is 1. The minimum Gasteiger partial charge on any atom is -0.354 e. The Balaban J connectivity index is 1.67. The molecule has 0 aliphatic rings. The van der Waals surface area contributed by atoms with Gasteiger partial charge in [-0.15, -0.1) is 11.3 Å². The van der Waals surface area contributed by atoms with Crippen molar-refractivity contribution >= 4 is 50.4 Å². The summed E-state index contributed by atoms with van der Waals surface area (Å²) in [6.07, 6.45) is 0. The first-order valence-corrected chi connectivity index (χ1v) is 11.9. The fourth-order valence-electron chi connectivity index (χ4n) is 2.65. The molecule has 3 aromatic rings. The number of aromatic nitrogens is 2. The molecular formula is C20H24N6O3S2. The second-order valence-electron chi connectivity index (χ2n) is 6.69. The van der Waals surface area contributed by atoms with Crippen LogP contribution in [0.4, 0.5) is 23.1 Å². The molecule has 0 bridgehead atoms. The average Bonchev–Trinajstić information content (AvgIpc) is 3.18. The van der Waals surface area contributed by atoms with E-state index in [-0.39, 0.29) is 10.1 Å². The number of nitrogens with one attached hydrogen (secondary N) is 4. The number of aryl methyl sites for hydroxylation is 1. The molecule has 1 amide bonds. The van der Waals surface area contributed by atoms with Crippen molar-refractivity contribution in [1.82, 2.24) is 15.3 Å². The van der Waals surface area contributed by atoms with Crippen LogP contribution in [-0.2, 0) is 21.4 Å². The van der Waals surface area contributed by atoms with Gasteiger partial charge in [-0.1, -0.05) is 0 Å². The van der Waals surface area contributed by atoms with Gasteiger partial charge in [0.25, 0.3) is 10.0 Å². The maximum absolute atomic E-state index is 12.6. The van der Waals surface area contributed by atoms with Gasteiger partial charge in [0.05, 0.1) is 6.54 Å². The topological polar surface area (TPSA) is 125 Å². The van der Waals surface area contributed by atoms with Gasteiger partial charge in [-0.05, 0) is 50.2 Å². The van der Waals surface area contributed by atoms with Crippen LogP contribution < -0.4 is 20.7 Å². The van der Waals surface area contributed by atoms with Gasteiger partial charge in [0, 0.05) is 41.5 Å². The molecule has 0 atom stereocenters. The molecule has 0 unspecified atom stereocenters. The van der Waals surface area contributed by atoms with Gasteiger partial charge in [0.2, 0.25) is 11.9 Å². The van der Waals surface area contributed by atoms with Gasteiger partial charge in [0.1, 0.15) is 10.0 Å². The lowest BCUT2D eigenvalue weighted by Crippen LogP contribution is -2.18. The first kappa shape index (κ1) is 22.5. The summed E-state index contributed by atoms with van der Waals surface area (Å²) in [4.78, 5) is 20.5. The normalized spacial score (nSPS) is 11.1. The van der Waals surface area contributed by atoms with Gasteiger partial charge in [-0.2, -0.15) is 4.98 Å². The predicted molar refractivity (Wildman–Crippen MR) is 123 cm³/mol. The largest absolute Gasteiger partial charge is 0.354 e. The predicted octanol–water partition coefficient (Wildman–Crippen LogP) is 3.46.